The molecule has 1 heterocycles. The van der Waals surface area contributed by atoms with E-state index in [9.17, 15) is 9.59 Å². The summed E-state index contributed by atoms with van der Waals surface area (Å²) in [4.78, 5) is 31.7. The lowest BCUT2D eigenvalue weighted by Crippen LogP contribution is -2.41. The van der Waals surface area contributed by atoms with E-state index in [1.54, 1.807) is 0 Å². The second kappa shape index (κ2) is 11.9. The zero-order valence-corrected chi connectivity index (χ0v) is 19.8. The van der Waals surface area contributed by atoms with Crippen molar-refractivity contribution in [3.05, 3.63) is 64.5 Å². The second-order valence-corrected chi connectivity index (χ2v) is 7.91. The van der Waals surface area contributed by atoms with Crippen molar-refractivity contribution < 1.29 is 9.59 Å². The molecule has 0 aliphatic carbocycles. The largest absolute Gasteiger partial charge is 0.398 e. The molecule has 1 aromatic rings. The quantitative estimate of drug-likeness (QED) is 0.420. The molecular weight excluding hydrogens is 402 g/mol. The van der Waals surface area contributed by atoms with Crippen LogP contribution in [0.3, 0.4) is 0 Å². The number of amides is 2. The Morgan fingerprint density at radius 3 is 2.47 bits per heavy atom. The Balaban J connectivity index is 2.47. The zero-order chi connectivity index (χ0) is 23.7. The first-order valence-corrected chi connectivity index (χ1v) is 11.1. The zero-order valence-electron chi connectivity index (χ0n) is 19.8. The van der Waals surface area contributed by atoms with Gasteiger partial charge in [0.2, 0.25) is 0 Å². The van der Waals surface area contributed by atoms with Crippen LogP contribution in [0.1, 0.15) is 47.0 Å². The van der Waals surface area contributed by atoms with Crippen LogP contribution in [0.25, 0.3) is 0 Å². The maximum atomic E-state index is 12.6. The molecule has 0 spiro atoms. The summed E-state index contributed by atoms with van der Waals surface area (Å²) >= 11 is 0. The number of hydrogen-bond acceptors (Lipinski definition) is 5. The van der Waals surface area contributed by atoms with Gasteiger partial charge in [0.25, 0.3) is 0 Å². The Morgan fingerprint density at radius 2 is 1.84 bits per heavy atom. The third kappa shape index (κ3) is 6.57. The molecule has 2 rings (SSSR count). The van der Waals surface area contributed by atoms with Crippen LogP contribution in [0.4, 0.5) is 10.5 Å². The Hall–Kier alpha value is -3.35. The standard InChI is InChI=1S/C25H35N5O2/c1-6-11-22(31)21-15-19(16-30(5)18(21)4)23(26)17(3)24(29-25(32)27-14-7-2)28-20-12-9-8-10-13-20/h8-10,12-13,15H,6-7,11,14,16,26H2,1-5H3,(H2,27,28,29,32). The minimum Gasteiger partial charge on any atom is -0.398 e. The SMILES string of the molecule is CCCNC(=O)NC(=Nc1ccccc1)C(C)=C(N)C1=CC(C(=O)CCC)=C(C)N(C)C1. The number of allylic oxidation sites excluding steroid dienone is 3. The Labute approximate surface area is 191 Å². The molecule has 7 heteroatoms. The van der Waals surface area contributed by atoms with E-state index in [0.717, 1.165) is 24.1 Å². The average molecular weight is 438 g/mol. The number of nitrogens with two attached hydrogens (primary N) is 1. The topological polar surface area (TPSA) is 99.8 Å². The highest BCUT2D eigenvalue weighted by Gasteiger charge is 2.22. The third-order valence-corrected chi connectivity index (χ3v) is 5.34. The van der Waals surface area contributed by atoms with Gasteiger partial charge in [-0.1, -0.05) is 32.0 Å². The number of carbonyl (C=O) groups is 2. The van der Waals surface area contributed by atoms with Gasteiger partial charge >= 0.3 is 6.03 Å². The number of amidine groups is 1. The van der Waals surface area contributed by atoms with Gasteiger partial charge in [-0.05, 0) is 50.5 Å². The van der Waals surface area contributed by atoms with Crippen molar-refractivity contribution in [2.24, 2.45) is 10.7 Å². The van der Waals surface area contributed by atoms with Gasteiger partial charge in [0, 0.05) is 49.1 Å². The van der Waals surface area contributed by atoms with Crippen LogP contribution in [-0.2, 0) is 4.79 Å². The minimum absolute atomic E-state index is 0.106. The number of rotatable bonds is 8. The van der Waals surface area contributed by atoms with Crippen molar-refractivity contribution in [2.45, 2.75) is 47.0 Å². The Bertz CT molecular complexity index is 958. The van der Waals surface area contributed by atoms with E-state index in [0.29, 0.717) is 47.9 Å². The number of carbonyl (C=O) groups excluding carboxylic acids is 2. The molecule has 1 aliphatic rings. The van der Waals surface area contributed by atoms with Gasteiger partial charge < -0.3 is 16.0 Å². The molecule has 2 amide bonds. The van der Waals surface area contributed by atoms with Crippen molar-refractivity contribution >= 4 is 23.3 Å². The lowest BCUT2D eigenvalue weighted by molar-refractivity contribution is -0.115. The van der Waals surface area contributed by atoms with Crippen LogP contribution >= 0.6 is 0 Å². The van der Waals surface area contributed by atoms with Gasteiger partial charge in [0.05, 0.1) is 5.69 Å². The van der Waals surface area contributed by atoms with Crippen LogP contribution in [-0.4, -0.2) is 42.7 Å². The molecule has 4 N–H and O–H groups in total. The maximum Gasteiger partial charge on any atom is 0.320 e. The van der Waals surface area contributed by atoms with E-state index in [1.165, 1.54) is 0 Å². The number of aliphatic imine (C=N–C) groups is 1. The smallest absolute Gasteiger partial charge is 0.320 e. The minimum atomic E-state index is -0.335. The molecule has 7 nitrogen and oxygen atoms in total. The fourth-order valence-electron chi connectivity index (χ4n) is 3.31. The molecule has 0 unspecified atom stereocenters. The van der Waals surface area contributed by atoms with Crippen LogP contribution in [0.15, 0.2) is 69.5 Å². The Kier molecular flexibility index (Phi) is 9.25. The van der Waals surface area contributed by atoms with E-state index >= 15 is 0 Å². The first-order valence-electron chi connectivity index (χ1n) is 11.1. The van der Waals surface area contributed by atoms with Gasteiger partial charge in [-0.2, -0.15) is 0 Å². The van der Waals surface area contributed by atoms with Crippen LogP contribution in [0.5, 0.6) is 0 Å². The van der Waals surface area contributed by atoms with E-state index in [4.69, 9.17) is 5.73 Å². The highest BCUT2D eigenvalue weighted by molar-refractivity contribution is 6.08. The molecule has 0 atom stereocenters. The molecule has 0 saturated carbocycles. The number of nitrogens with one attached hydrogen (secondary N) is 2. The van der Waals surface area contributed by atoms with E-state index in [2.05, 4.69) is 15.6 Å². The third-order valence-electron chi connectivity index (χ3n) is 5.34. The normalized spacial score (nSPS) is 15.2. The van der Waals surface area contributed by atoms with Crippen molar-refractivity contribution in [2.75, 3.05) is 20.1 Å². The molecule has 1 aliphatic heterocycles. The average Bonchev–Trinajstić information content (AvgIpc) is 2.78. The van der Waals surface area contributed by atoms with Gasteiger partial charge in [-0.15, -0.1) is 0 Å². The molecule has 1 aromatic carbocycles. The van der Waals surface area contributed by atoms with Crippen molar-refractivity contribution in [1.82, 2.24) is 15.5 Å². The van der Waals surface area contributed by atoms with Crippen molar-refractivity contribution in [3.63, 3.8) is 0 Å². The van der Waals surface area contributed by atoms with Gasteiger partial charge in [0.1, 0.15) is 5.84 Å². The van der Waals surface area contributed by atoms with Gasteiger partial charge in [0.15, 0.2) is 5.78 Å². The molecule has 0 bridgehead atoms. The lowest BCUT2D eigenvalue weighted by Gasteiger charge is -2.29. The molecule has 0 aromatic heterocycles. The molecule has 0 radical (unpaired) electrons. The molecule has 172 valence electrons. The lowest BCUT2D eigenvalue weighted by atomic mass is 9.95. The number of urea groups is 1. The highest BCUT2D eigenvalue weighted by atomic mass is 16.2. The second-order valence-electron chi connectivity index (χ2n) is 7.91. The first kappa shape index (κ1) is 24.9. The van der Waals surface area contributed by atoms with Crippen molar-refractivity contribution in [1.29, 1.82) is 0 Å². The van der Waals surface area contributed by atoms with E-state index < -0.39 is 0 Å². The van der Waals surface area contributed by atoms with Crippen LogP contribution in [0, 0.1) is 0 Å². The highest BCUT2D eigenvalue weighted by Crippen LogP contribution is 2.25. The number of Topliss-reactive ketones (excluding diaryl/α,β-unsaturated/α-hetero) is 1. The number of para-hydroxylation sites is 1. The van der Waals surface area contributed by atoms with Crippen LogP contribution in [0.2, 0.25) is 0 Å². The summed E-state index contributed by atoms with van der Waals surface area (Å²) in [5.74, 6) is 0.480. The summed E-state index contributed by atoms with van der Waals surface area (Å²) in [6.07, 6.45) is 3.99. The predicted molar refractivity (Wildman–Crippen MR) is 131 cm³/mol. The van der Waals surface area contributed by atoms with E-state index in [-0.39, 0.29) is 11.8 Å². The molecule has 32 heavy (non-hydrogen) atoms. The number of ketones is 1. The number of likely N-dealkylation sites (N-methyl/N-ethyl adjacent to an activating group) is 1. The summed E-state index contributed by atoms with van der Waals surface area (Å²) in [6.45, 7) is 8.89. The van der Waals surface area contributed by atoms with Gasteiger partial charge in [-0.25, -0.2) is 9.79 Å². The Morgan fingerprint density at radius 1 is 1.16 bits per heavy atom. The summed E-state index contributed by atoms with van der Waals surface area (Å²) < 4.78 is 0. The predicted octanol–water partition coefficient (Wildman–Crippen LogP) is 4.17. The molecule has 0 fully saturated rings. The number of hydrogen-bond donors (Lipinski definition) is 3. The maximum absolute atomic E-state index is 12.6. The summed E-state index contributed by atoms with van der Waals surface area (Å²) in [6, 6.07) is 9.05. The summed E-state index contributed by atoms with van der Waals surface area (Å²) in [5.41, 5.74) is 10.9. The number of nitrogens with zero attached hydrogens (tertiary/aromatic N) is 2. The van der Waals surface area contributed by atoms with Crippen molar-refractivity contribution in [3.8, 4) is 0 Å². The molecular formula is C25H35N5O2. The van der Waals surface area contributed by atoms with Gasteiger partial charge in [-0.3, -0.25) is 10.1 Å². The summed E-state index contributed by atoms with van der Waals surface area (Å²) in [5, 5.41) is 5.64. The number of benzene rings is 1. The summed E-state index contributed by atoms with van der Waals surface area (Å²) in [7, 11) is 1.94. The van der Waals surface area contributed by atoms with E-state index in [1.807, 2.05) is 76.1 Å². The fraction of sp³-hybridized carbons (Fsp3) is 0.400. The first-order chi connectivity index (χ1) is 15.3. The fourth-order valence-corrected chi connectivity index (χ4v) is 3.31. The molecule has 0 saturated heterocycles. The monoisotopic (exact) mass is 437 g/mol. The van der Waals surface area contributed by atoms with Crippen LogP contribution < -0.4 is 16.4 Å².